The average Bonchev–Trinajstić information content (AvgIpc) is 1.57. The largest absolute Gasteiger partial charge is 0.492 e. The molecule has 0 fully saturated rings. The third kappa shape index (κ3) is 13.5. The maximum absolute atomic E-state index is 9.45. The zero-order chi connectivity index (χ0) is 80.9. The van der Waals surface area contributed by atoms with E-state index in [1.165, 1.54) is 5.56 Å². The van der Waals surface area contributed by atoms with Gasteiger partial charge in [-0.2, -0.15) is 0 Å². The molecule has 0 aliphatic rings. The SMILES string of the molecule is Brc1ccc(-c2nc(-c3ccc(-c4ccccc4)cc3)nc(-c3ccccc3-c3ccccc3)n2)cc1.[2H]c1c([2H])c([2H])c2c(oc3c(-c4ccc(-c5nc(-c6ccc(-c7ccccc7)cc6)nc(-c6ccccc6-c6ccccc6)n5)cc4)c([2H])c([2H])c([2H])c32)c1[2H].[2H]c1c([2H])c([2H])c2c(oc3c(B(O)O)c([2H])c([2H])c([2H])c32)c1[2H]. The summed E-state index contributed by atoms with van der Waals surface area (Å²) in [5.41, 5.74) is 13.4. The van der Waals surface area contributed by atoms with Crippen LogP contribution >= 0.6 is 15.9 Å². The minimum absolute atomic E-state index is 0.0141. The van der Waals surface area contributed by atoms with E-state index in [2.05, 4.69) is 101 Å². The molecule has 4 heterocycles. The molecule has 0 radical (unpaired) electrons. The van der Waals surface area contributed by atoms with Crippen molar-refractivity contribution < 1.29 is 38.1 Å². The highest BCUT2D eigenvalue weighted by molar-refractivity contribution is 9.10. The lowest BCUT2D eigenvalue weighted by Crippen LogP contribution is -2.29. The number of rotatable bonds is 12. The molecule has 0 aliphatic carbocycles. The Bertz CT molecular complexity index is 6850. The van der Waals surface area contributed by atoms with Gasteiger partial charge in [0.1, 0.15) is 22.3 Å². The van der Waals surface area contributed by atoms with Crippen LogP contribution in [0, 0.1) is 0 Å². The summed E-state index contributed by atoms with van der Waals surface area (Å²) in [6.07, 6.45) is 0. The molecule has 484 valence electrons. The molecule has 12 heteroatoms. The fraction of sp³-hybridized carbons (Fsp3) is 0. The number of para-hydroxylation sites is 4. The molecular weight excluding hydrogens is 1320 g/mol. The molecule has 0 unspecified atom stereocenters. The summed E-state index contributed by atoms with van der Waals surface area (Å²) >= 11 is 3.53. The van der Waals surface area contributed by atoms with E-state index in [1.807, 2.05) is 170 Å². The van der Waals surface area contributed by atoms with Crippen LogP contribution in [-0.4, -0.2) is 47.1 Å². The van der Waals surface area contributed by atoms with Crippen molar-refractivity contribution in [2.45, 2.75) is 0 Å². The second-order valence-corrected chi connectivity index (χ2v) is 24.3. The van der Waals surface area contributed by atoms with Crippen LogP contribution in [0.15, 0.2) is 365 Å². The first-order chi connectivity index (χ1) is 56.1. The van der Waals surface area contributed by atoms with Crippen LogP contribution in [0.3, 0.4) is 0 Å². The zero-order valence-corrected chi connectivity index (χ0v) is 55.3. The molecule has 0 atom stereocenters. The topological polar surface area (TPSA) is 144 Å². The van der Waals surface area contributed by atoms with Gasteiger partial charge < -0.3 is 18.9 Å². The van der Waals surface area contributed by atoms with Gasteiger partial charge in [-0.15, -0.1) is 0 Å². The third-order valence-electron chi connectivity index (χ3n) is 17.0. The van der Waals surface area contributed by atoms with Gasteiger partial charge >= 0.3 is 7.12 Å². The average molecular weight is 1390 g/mol. The number of furan rings is 2. The van der Waals surface area contributed by atoms with E-state index < -0.39 is 67.0 Å². The van der Waals surface area contributed by atoms with Crippen LogP contribution < -0.4 is 5.46 Å². The summed E-state index contributed by atoms with van der Waals surface area (Å²) in [5.74, 6) is 3.32. The van der Waals surface area contributed by atoms with E-state index >= 15 is 0 Å². The van der Waals surface area contributed by atoms with Crippen molar-refractivity contribution in [1.29, 1.82) is 0 Å². The van der Waals surface area contributed by atoms with E-state index in [9.17, 15) is 10.0 Å². The van der Waals surface area contributed by atoms with E-state index in [4.69, 9.17) is 57.9 Å². The Hall–Kier alpha value is -12.8. The van der Waals surface area contributed by atoms with Gasteiger partial charge in [-0.3, -0.25) is 0 Å². The Kier molecular flexibility index (Phi) is 14.1. The standard InChI is InChI=1S/C45H29N3O.C33H22BrN3.C12H9BO3/c1-3-12-30(13-4-1)31-22-26-34(27-23-31)43-46-44(48-45(47-43)40-18-8-7-16-36(40)32-14-5-2-6-15-32)35-28-24-33(25-29-35)37-19-11-20-39-38-17-9-10-21-41(38)49-42(37)39;34-28-21-19-27(20-22-28)32-35-31(26-17-15-24(16-18-26)23-9-3-1-4-10-23)36-33(37-32)30-14-8-7-13-29(30)25-11-5-2-6-12-25;14-13(15)10-6-3-5-9-8-4-1-2-7-11(8)16-12(9)10/h1-29H;1-22H;1-7,14-15H/i9D,10D,11D,17D,19D,20D,21D;;1D,2D,3D,4D,5D,6D,7D. The number of fused-ring (bicyclic) bond motifs is 6. The molecule has 0 amide bonds. The molecule has 18 rings (SSSR count). The highest BCUT2D eigenvalue weighted by Gasteiger charge is 2.21. The van der Waals surface area contributed by atoms with Crippen LogP contribution in [0.4, 0.5) is 0 Å². The van der Waals surface area contributed by atoms with Gasteiger partial charge in [-0.1, -0.05) is 343 Å². The smallest absolute Gasteiger partial charge is 0.456 e. The zero-order valence-electron chi connectivity index (χ0n) is 67.8. The predicted molar refractivity (Wildman–Crippen MR) is 418 cm³/mol. The number of nitrogens with zero attached hydrogens (tertiary/aromatic N) is 6. The number of benzene rings is 14. The first kappa shape index (κ1) is 49.6. The second-order valence-electron chi connectivity index (χ2n) is 23.3. The van der Waals surface area contributed by atoms with Crippen molar-refractivity contribution in [1.82, 2.24) is 29.9 Å². The Morgan fingerprint density at radius 3 is 0.971 bits per heavy atom. The summed E-state index contributed by atoms with van der Waals surface area (Å²) < 4.78 is 127. The summed E-state index contributed by atoms with van der Waals surface area (Å²) in [7, 11) is -2.15. The number of hydrogen-bond donors (Lipinski definition) is 2. The maximum atomic E-state index is 9.45. The monoisotopic (exact) mass is 1390 g/mol. The lowest BCUT2D eigenvalue weighted by molar-refractivity contribution is 0.425. The van der Waals surface area contributed by atoms with Gasteiger partial charge in [-0.25, -0.2) is 29.9 Å². The lowest BCUT2D eigenvalue weighted by Gasteiger charge is -2.12. The Morgan fingerprint density at radius 1 is 0.255 bits per heavy atom. The number of halogens is 1. The highest BCUT2D eigenvalue weighted by atomic mass is 79.9. The molecule has 0 saturated carbocycles. The molecular formula is C90H60BBrN6O4. The van der Waals surface area contributed by atoms with Crippen LogP contribution in [0.2, 0.25) is 0 Å². The molecule has 102 heavy (non-hydrogen) atoms. The summed E-state index contributed by atoms with van der Waals surface area (Å²) in [4.78, 5) is 29.8. The van der Waals surface area contributed by atoms with Gasteiger partial charge in [-0.05, 0) is 74.3 Å². The summed E-state index contributed by atoms with van der Waals surface area (Å²) in [6.45, 7) is 0. The Morgan fingerprint density at radius 2 is 0.549 bits per heavy atom. The fourth-order valence-corrected chi connectivity index (χ4v) is 12.2. The molecule has 14 aromatic carbocycles. The normalized spacial score (nSPS) is 13.0. The van der Waals surface area contributed by atoms with Gasteiger partial charge in [0.2, 0.25) is 0 Å². The molecule has 2 N–H and O–H groups in total. The minimum atomic E-state index is -2.15. The third-order valence-corrected chi connectivity index (χ3v) is 17.5. The Labute approximate surface area is 617 Å². The first-order valence-electron chi connectivity index (χ1n) is 39.3. The van der Waals surface area contributed by atoms with E-state index in [0.717, 1.165) is 71.2 Å². The van der Waals surface area contributed by atoms with Gasteiger partial charge in [0.05, 0.1) is 19.2 Å². The van der Waals surface area contributed by atoms with E-state index in [1.54, 1.807) is 12.1 Å². The Balaban J connectivity index is 0.000000144. The minimum Gasteiger partial charge on any atom is -0.456 e. The van der Waals surface area contributed by atoms with E-state index in [-0.39, 0.29) is 79.7 Å². The molecule has 18 aromatic rings. The quantitative estimate of drug-likeness (QED) is 0.113. The van der Waals surface area contributed by atoms with Gasteiger partial charge in [0.15, 0.2) is 34.9 Å². The number of hydrogen-bond acceptors (Lipinski definition) is 10. The molecule has 0 spiro atoms. The molecule has 0 saturated heterocycles. The van der Waals surface area contributed by atoms with Crippen molar-refractivity contribution in [3.8, 4) is 124 Å². The summed E-state index contributed by atoms with van der Waals surface area (Å²) in [6, 6.07) is 82.4. The first-order valence-corrected chi connectivity index (χ1v) is 33.1. The van der Waals surface area contributed by atoms with Crippen LogP contribution in [0.25, 0.3) is 168 Å². The van der Waals surface area contributed by atoms with Crippen molar-refractivity contribution in [3.63, 3.8) is 0 Å². The molecule has 4 aromatic heterocycles. The van der Waals surface area contributed by atoms with Gasteiger partial charge in [0.25, 0.3) is 0 Å². The fourth-order valence-electron chi connectivity index (χ4n) is 11.9. The van der Waals surface area contributed by atoms with Crippen molar-refractivity contribution in [2.24, 2.45) is 0 Å². The van der Waals surface area contributed by atoms with Crippen molar-refractivity contribution >= 4 is 72.4 Å². The maximum Gasteiger partial charge on any atom is 0.492 e. The number of aromatic nitrogens is 6. The second kappa shape index (κ2) is 28.9. The molecule has 0 bridgehead atoms. The van der Waals surface area contributed by atoms with Crippen LogP contribution in [0.5, 0.6) is 0 Å². The lowest BCUT2D eigenvalue weighted by atomic mass is 9.79. The summed E-state index contributed by atoms with van der Waals surface area (Å²) in [5, 5.41) is 18.7. The predicted octanol–water partition coefficient (Wildman–Crippen LogP) is 22.0. The van der Waals surface area contributed by atoms with E-state index in [0.29, 0.717) is 46.1 Å². The van der Waals surface area contributed by atoms with Crippen LogP contribution in [0.1, 0.15) is 19.2 Å². The molecule has 0 aliphatic heterocycles. The van der Waals surface area contributed by atoms with Crippen molar-refractivity contribution in [3.05, 3.63) is 356 Å². The molecule has 10 nitrogen and oxygen atoms in total. The van der Waals surface area contributed by atoms with Crippen LogP contribution in [-0.2, 0) is 0 Å². The van der Waals surface area contributed by atoms with Crippen molar-refractivity contribution in [2.75, 3.05) is 0 Å². The van der Waals surface area contributed by atoms with Gasteiger partial charge in [0, 0.05) is 70.4 Å². The highest BCUT2D eigenvalue weighted by Crippen LogP contribution is 2.39.